The average Bonchev–Trinajstić information content (AvgIpc) is 3.21. The predicted octanol–water partition coefficient (Wildman–Crippen LogP) is 5.58. The zero-order chi connectivity index (χ0) is 33.9. The summed E-state index contributed by atoms with van der Waals surface area (Å²) in [5.41, 5.74) is 1.02. The Hall–Kier alpha value is -3.51. The number of halogens is 4. The number of hydrogen-bond donors (Lipinski definition) is 2. The van der Waals surface area contributed by atoms with Gasteiger partial charge in [-0.3, -0.25) is 9.59 Å². The van der Waals surface area contributed by atoms with Crippen LogP contribution in [0.25, 0.3) is 0 Å². The fourth-order valence-corrected chi connectivity index (χ4v) is 7.49. The molecule has 2 saturated heterocycles. The first-order chi connectivity index (χ1) is 22.3. The third-order valence-electron chi connectivity index (χ3n) is 9.86. The molecule has 1 atom stereocenters. The van der Waals surface area contributed by atoms with Gasteiger partial charge in [-0.05, 0) is 81.9 Å². The number of nitrogens with zero attached hydrogens (tertiary/aromatic N) is 4. The maximum Gasteiger partial charge on any atom is 0.418 e. The quantitative estimate of drug-likeness (QED) is 0.381. The Kier molecular flexibility index (Phi) is 10.9. The summed E-state index contributed by atoms with van der Waals surface area (Å²) in [6, 6.07) is 10.4. The Morgan fingerprint density at radius 2 is 1.68 bits per heavy atom. The van der Waals surface area contributed by atoms with Gasteiger partial charge in [-0.15, -0.1) is 0 Å². The second kappa shape index (κ2) is 14.7. The molecule has 3 heterocycles. The SMILES string of the molecule is CNc1c(Cl)cc(C[C@@H](CC(=O)N2CCC(N3CCc4ccccc4NC3=O)CC2)C(=O)N2CCC(N(C)C)CC2)cc1C(F)(F)F. The molecule has 3 aliphatic rings. The summed E-state index contributed by atoms with van der Waals surface area (Å²) in [4.78, 5) is 48.1. The Labute approximate surface area is 279 Å². The number of para-hydroxylation sites is 1. The smallest absolute Gasteiger partial charge is 0.386 e. The molecule has 0 saturated carbocycles. The van der Waals surface area contributed by atoms with E-state index in [4.69, 9.17) is 11.6 Å². The van der Waals surface area contributed by atoms with E-state index in [0.29, 0.717) is 51.6 Å². The summed E-state index contributed by atoms with van der Waals surface area (Å²) in [6.07, 6.45) is -1.33. The van der Waals surface area contributed by atoms with Gasteiger partial charge in [-0.2, -0.15) is 13.2 Å². The molecular formula is C34H44ClF3N6O3. The number of rotatable bonds is 8. The second-order valence-corrected chi connectivity index (χ2v) is 13.4. The van der Waals surface area contributed by atoms with Crippen LogP contribution in [0.15, 0.2) is 36.4 Å². The van der Waals surface area contributed by atoms with Crippen molar-refractivity contribution in [2.45, 2.75) is 63.2 Å². The van der Waals surface area contributed by atoms with Gasteiger partial charge in [-0.1, -0.05) is 29.8 Å². The standard InChI is InChI=1S/C34H44ClF3N6O3/c1-39-31-27(34(36,37)38)19-22(20-28(31)35)18-24(32(46)43-15-9-25(10-16-43)41(2)3)21-30(45)42-13-11-26(12-14-42)44-17-8-23-6-4-5-7-29(23)40-33(44)47/h4-7,19-20,24-26,39H,8-18,21H2,1-3H3,(H,40,47)/t24-/m0/s1. The van der Waals surface area contributed by atoms with Crippen LogP contribution in [0.5, 0.6) is 0 Å². The molecule has 0 aromatic heterocycles. The minimum absolute atomic E-state index is 0.0302. The maximum absolute atomic E-state index is 14.0. The van der Waals surface area contributed by atoms with Crippen molar-refractivity contribution in [3.63, 3.8) is 0 Å². The number of fused-ring (bicyclic) bond motifs is 1. The van der Waals surface area contributed by atoms with Crippen molar-refractivity contribution in [2.24, 2.45) is 5.92 Å². The lowest BCUT2D eigenvalue weighted by atomic mass is 9.91. The van der Waals surface area contributed by atoms with Gasteiger partial charge in [0, 0.05) is 64.0 Å². The van der Waals surface area contributed by atoms with Crippen molar-refractivity contribution in [1.82, 2.24) is 19.6 Å². The van der Waals surface area contributed by atoms with Crippen molar-refractivity contribution in [3.8, 4) is 0 Å². The van der Waals surface area contributed by atoms with E-state index in [-0.39, 0.29) is 53.0 Å². The molecule has 2 aromatic rings. The van der Waals surface area contributed by atoms with Crippen LogP contribution in [0, 0.1) is 5.92 Å². The molecule has 9 nitrogen and oxygen atoms in total. The predicted molar refractivity (Wildman–Crippen MR) is 177 cm³/mol. The lowest BCUT2D eigenvalue weighted by Crippen LogP contribution is -2.51. The van der Waals surface area contributed by atoms with E-state index in [1.54, 1.807) is 9.80 Å². The molecule has 0 spiro atoms. The topological polar surface area (TPSA) is 88.2 Å². The van der Waals surface area contributed by atoms with Crippen LogP contribution in [0.4, 0.5) is 29.3 Å². The molecule has 2 aromatic carbocycles. The minimum atomic E-state index is -4.65. The summed E-state index contributed by atoms with van der Waals surface area (Å²) < 4.78 is 41.9. The number of piperidine rings is 2. The number of anilines is 2. The number of amides is 4. The Morgan fingerprint density at radius 1 is 1.02 bits per heavy atom. The molecule has 5 rings (SSSR count). The molecule has 13 heteroatoms. The third-order valence-corrected chi connectivity index (χ3v) is 10.2. The molecule has 0 unspecified atom stereocenters. The van der Waals surface area contributed by atoms with Crippen LogP contribution >= 0.6 is 11.6 Å². The van der Waals surface area contributed by atoms with Crippen LogP contribution < -0.4 is 10.6 Å². The Balaban J connectivity index is 1.28. The molecule has 0 aliphatic carbocycles. The lowest BCUT2D eigenvalue weighted by Gasteiger charge is -2.39. The number of hydrogen-bond acceptors (Lipinski definition) is 5. The molecule has 4 amide bonds. The summed E-state index contributed by atoms with van der Waals surface area (Å²) in [7, 11) is 5.38. The highest BCUT2D eigenvalue weighted by atomic mass is 35.5. The summed E-state index contributed by atoms with van der Waals surface area (Å²) in [5, 5.41) is 5.45. The molecule has 0 radical (unpaired) electrons. The number of nitrogens with one attached hydrogen (secondary N) is 2. The number of alkyl halides is 3. The fraction of sp³-hybridized carbons (Fsp3) is 0.559. The van der Waals surface area contributed by atoms with E-state index in [1.165, 1.54) is 13.1 Å². The van der Waals surface area contributed by atoms with E-state index in [2.05, 4.69) is 15.5 Å². The van der Waals surface area contributed by atoms with Gasteiger partial charge >= 0.3 is 12.2 Å². The summed E-state index contributed by atoms with van der Waals surface area (Å²) in [6.45, 7) is 2.48. The monoisotopic (exact) mass is 676 g/mol. The molecular weight excluding hydrogens is 633 g/mol. The van der Waals surface area contributed by atoms with E-state index < -0.39 is 17.7 Å². The maximum atomic E-state index is 14.0. The first-order valence-corrected chi connectivity index (χ1v) is 16.7. The van der Waals surface area contributed by atoms with E-state index in [0.717, 1.165) is 36.6 Å². The highest BCUT2D eigenvalue weighted by Gasteiger charge is 2.37. The fourth-order valence-electron chi connectivity index (χ4n) is 7.16. The summed E-state index contributed by atoms with van der Waals surface area (Å²) >= 11 is 6.28. The van der Waals surface area contributed by atoms with Gasteiger partial charge in [-0.25, -0.2) is 4.79 Å². The number of likely N-dealkylation sites (tertiary alicyclic amines) is 2. The van der Waals surface area contributed by atoms with E-state index >= 15 is 0 Å². The van der Waals surface area contributed by atoms with Crippen molar-refractivity contribution >= 4 is 40.8 Å². The van der Waals surface area contributed by atoms with E-state index in [9.17, 15) is 27.6 Å². The number of carbonyl (C=O) groups is 3. The van der Waals surface area contributed by atoms with Gasteiger partial charge in [0.05, 0.1) is 22.2 Å². The van der Waals surface area contributed by atoms with Crippen LogP contribution in [0.3, 0.4) is 0 Å². The average molecular weight is 677 g/mol. The molecule has 3 aliphatic heterocycles. The minimum Gasteiger partial charge on any atom is -0.386 e. The van der Waals surface area contributed by atoms with Crippen LogP contribution in [0.1, 0.15) is 48.8 Å². The van der Waals surface area contributed by atoms with Crippen molar-refractivity contribution in [3.05, 3.63) is 58.1 Å². The van der Waals surface area contributed by atoms with Crippen molar-refractivity contribution < 1.29 is 27.6 Å². The molecule has 47 heavy (non-hydrogen) atoms. The lowest BCUT2D eigenvalue weighted by molar-refractivity contribution is -0.143. The second-order valence-electron chi connectivity index (χ2n) is 13.0. The van der Waals surface area contributed by atoms with Gasteiger partial charge in [0.2, 0.25) is 11.8 Å². The largest absolute Gasteiger partial charge is 0.418 e. The molecule has 256 valence electrons. The first kappa shape index (κ1) is 34.8. The van der Waals surface area contributed by atoms with Crippen LogP contribution in [0.2, 0.25) is 5.02 Å². The zero-order valence-corrected chi connectivity index (χ0v) is 28.0. The molecule has 0 bridgehead atoms. The molecule has 2 N–H and O–H groups in total. The van der Waals surface area contributed by atoms with Gasteiger partial charge in [0.15, 0.2) is 0 Å². The van der Waals surface area contributed by atoms with Gasteiger partial charge in [0.25, 0.3) is 0 Å². The Morgan fingerprint density at radius 3 is 2.32 bits per heavy atom. The Bertz CT molecular complexity index is 1460. The van der Waals surface area contributed by atoms with Gasteiger partial charge in [0.1, 0.15) is 0 Å². The van der Waals surface area contributed by atoms with E-state index in [1.807, 2.05) is 43.3 Å². The number of benzene rings is 2. The highest BCUT2D eigenvalue weighted by molar-refractivity contribution is 6.33. The van der Waals surface area contributed by atoms with Crippen molar-refractivity contribution in [1.29, 1.82) is 0 Å². The number of carbonyl (C=O) groups excluding carboxylic acids is 3. The number of urea groups is 1. The van der Waals surface area contributed by atoms with Gasteiger partial charge < -0.3 is 30.2 Å². The third kappa shape index (κ3) is 8.14. The first-order valence-electron chi connectivity index (χ1n) is 16.3. The highest BCUT2D eigenvalue weighted by Crippen LogP contribution is 2.40. The van der Waals surface area contributed by atoms with Crippen LogP contribution in [-0.4, -0.2) is 103 Å². The summed E-state index contributed by atoms with van der Waals surface area (Å²) in [5.74, 6) is -1.29. The van der Waals surface area contributed by atoms with Crippen molar-refractivity contribution in [2.75, 3.05) is 64.5 Å². The zero-order valence-electron chi connectivity index (χ0n) is 27.2. The van der Waals surface area contributed by atoms with Crippen LogP contribution in [-0.2, 0) is 28.6 Å². The molecule has 2 fully saturated rings. The normalized spacial score (nSPS) is 18.9.